The van der Waals surface area contributed by atoms with Crippen LogP contribution in [0.3, 0.4) is 0 Å². The second kappa shape index (κ2) is 6.10. The van der Waals surface area contributed by atoms with Crippen molar-refractivity contribution in [1.82, 2.24) is 10.6 Å². The summed E-state index contributed by atoms with van der Waals surface area (Å²) in [7, 11) is 0. The SMILES string of the molecule is CSCC(C)NC(=O)CC1CC2CCC(C1)N2. The Kier molecular flexibility index (Phi) is 4.74. The Morgan fingerprint density at radius 1 is 1.41 bits per heavy atom. The number of hydrogen-bond acceptors (Lipinski definition) is 3. The second-order valence-corrected chi connectivity index (χ2v) is 6.51. The Balaban J connectivity index is 1.71. The van der Waals surface area contributed by atoms with Crippen molar-refractivity contribution in [3.8, 4) is 0 Å². The van der Waals surface area contributed by atoms with Crippen LogP contribution in [0.15, 0.2) is 0 Å². The van der Waals surface area contributed by atoms with Gasteiger partial charge in [-0.1, -0.05) is 0 Å². The lowest BCUT2D eigenvalue weighted by Crippen LogP contribution is -2.41. The summed E-state index contributed by atoms with van der Waals surface area (Å²) >= 11 is 1.78. The lowest BCUT2D eigenvalue weighted by atomic mass is 9.89. The topological polar surface area (TPSA) is 41.1 Å². The van der Waals surface area contributed by atoms with Crippen LogP contribution in [0, 0.1) is 5.92 Å². The van der Waals surface area contributed by atoms with Crippen LogP contribution >= 0.6 is 11.8 Å². The fourth-order valence-electron chi connectivity index (χ4n) is 3.23. The van der Waals surface area contributed by atoms with Crippen molar-refractivity contribution in [1.29, 1.82) is 0 Å². The monoisotopic (exact) mass is 256 g/mol. The molecule has 2 saturated heterocycles. The summed E-state index contributed by atoms with van der Waals surface area (Å²) in [6.45, 7) is 2.08. The number of thioether (sulfide) groups is 1. The van der Waals surface area contributed by atoms with Crippen LogP contribution in [0.2, 0.25) is 0 Å². The van der Waals surface area contributed by atoms with Crippen molar-refractivity contribution in [3.63, 3.8) is 0 Å². The number of fused-ring (bicyclic) bond motifs is 2. The van der Waals surface area contributed by atoms with Gasteiger partial charge < -0.3 is 10.6 Å². The van der Waals surface area contributed by atoms with E-state index in [4.69, 9.17) is 0 Å². The lowest BCUT2D eigenvalue weighted by molar-refractivity contribution is -0.122. The van der Waals surface area contributed by atoms with Crippen molar-refractivity contribution in [3.05, 3.63) is 0 Å². The summed E-state index contributed by atoms with van der Waals surface area (Å²) in [5, 5.41) is 6.72. The van der Waals surface area contributed by atoms with Crippen LogP contribution in [0.1, 0.15) is 39.0 Å². The third-order valence-corrected chi connectivity index (χ3v) is 4.70. The van der Waals surface area contributed by atoms with Gasteiger partial charge in [-0.25, -0.2) is 0 Å². The Morgan fingerprint density at radius 3 is 2.65 bits per heavy atom. The molecule has 2 fully saturated rings. The van der Waals surface area contributed by atoms with Gasteiger partial charge in [-0.05, 0) is 44.8 Å². The van der Waals surface area contributed by atoms with Crippen molar-refractivity contribution in [2.75, 3.05) is 12.0 Å². The Hall–Kier alpha value is -0.220. The minimum Gasteiger partial charge on any atom is -0.353 e. The quantitative estimate of drug-likeness (QED) is 0.788. The molecule has 3 unspecified atom stereocenters. The van der Waals surface area contributed by atoms with Gasteiger partial charge in [0.25, 0.3) is 0 Å². The van der Waals surface area contributed by atoms with Crippen molar-refractivity contribution in [2.45, 2.75) is 57.2 Å². The van der Waals surface area contributed by atoms with Crippen LogP contribution in [0.25, 0.3) is 0 Å². The predicted octanol–water partition coefficient (Wildman–Crippen LogP) is 1.77. The molecule has 0 aliphatic carbocycles. The maximum absolute atomic E-state index is 11.9. The minimum absolute atomic E-state index is 0.248. The molecule has 2 aliphatic heterocycles. The van der Waals surface area contributed by atoms with Gasteiger partial charge in [-0.3, -0.25) is 4.79 Å². The number of amides is 1. The van der Waals surface area contributed by atoms with Crippen LogP contribution in [-0.2, 0) is 4.79 Å². The van der Waals surface area contributed by atoms with E-state index in [2.05, 4.69) is 23.8 Å². The first-order chi connectivity index (χ1) is 8.17. The first-order valence-electron chi connectivity index (χ1n) is 6.71. The normalized spacial score (nSPS) is 33.4. The number of carbonyl (C=O) groups excluding carboxylic acids is 1. The molecule has 0 saturated carbocycles. The van der Waals surface area contributed by atoms with Gasteiger partial charge in [0.1, 0.15) is 0 Å². The Bertz CT molecular complexity index is 260. The molecule has 0 radical (unpaired) electrons. The number of rotatable bonds is 5. The van der Waals surface area contributed by atoms with Gasteiger partial charge in [-0.15, -0.1) is 0 Å². The van der Waals surface area contributed by atoms with Crippen LogP contribution in [0.5, 0.6) is 0 Å². The third-order valence-electron chi connectivity index (χ3n) is 3.87. The molecule has 0 spiro atoms. The van der Waals surface area contributed by atoms with Gasteiger partial charge in [0.2, 0.25) is 5.91 Å². The summed E-state index contributed by atoms with van der Waals surface area (Å²) in [6.07, 6.45) is 7.82. The minimum atomic E-state index is 0.248. The molecule has 0 aromatic rings. The van der Waals surface area contributed by atoms with Gasteiger partial charge in [0.05, 0.1) is 0 Å². The second-order valence-electron chi connectivity index (χ2n) is 5.60. The number of hydrogen-bond donors (Lipinski definition) is 2. The van der Waals surface area contributed by atoms with E-state index in [0.29, 0.717) is 24.0 Å². The van der Waals surface area contributed by atoms with E-state index in [1.165, 1.54) is 25.7 Å². The van der Waals surface area contributed by atoms with Crippen LogP contribution < -0.4 is 10.6 Å². The molecule has 0 aromatic heterocycles. The molecule has 0 aromatic carbocycles. The molecule has 98 valence electrons. The number of piperidine rings is 1. The average Bonchev–Trinajstić information content (AvgIpc) is 2.58. The molecule has 2 bridgehead atoms. The zero-order valence-electron chi connectivity index (χ0n) is 10.9. The smallest absolute Gasteiger partial charge is 0.220 e. The zero-order valence-corrected chi connectivity index (χ0v) is 11.7. The molecule has 2 N–H and O–H groups in total. The summed E-state index contributed by atoms with van der Waals surface area (Å²) in [6, 6.07) is 1.68. The van der Waals surface area contributed by atoms with E-state index < -0.39 is 0 Å². The van der Waals surface area contributed by atoms with Crippen LogP contribution in [-0.4, -0.2) is 36.0 Å². The number of nitrogens with one attached hydrogen (secondary N) is 2. The highest BCUT2D eigenvalue weighted by Gasteiger charge is 2.34. The van der Waals surface area contributed by atoms with Crippen molar-refractivity contribution in [2.24, 2.45) is 5.92 Å². The molecular weight excluding hydrogens is 232 g/mol. The summed E-state index contributed by atoms with van der Waals surface area (Å²) in [5.41, 5.74) is 0. The summed E-state index contributed by atoms with van der Waals surface area (Å²) in [5.74, 6) is 1.86. The average molecular weight is 256 g/mol. The highest BCUT2D eigenvalue weighted by atomic mass is 32.2. The van der Waals surface area contributed by atoms with Crippen molar-refractivity contribution >= 4 is 17.7 Å². The van der Waals surface area contributed by atoms with E-state index in [0.717, 1.165) is 12.2 Å². The zero-order chi connectivity index (χ0) is 12.3. The molecular formula is C13H24N2OS. The fourth-order valence-corrected chi connectivity index (χ4v) is 3.81. The molecule has 3 nitrogen and oxygen atoms in total. The largest absolute Gasteiger partial charge is 0.353 e. The van der Waals surface area contributed by atoms with E-state index >= 15 is 0 Å². The first-order valence-corrected chi connectivity index (χ1v) is 8.11. The molecule has 1 amide bonds. The van der Waals surface area contributed by atoms with Gasteiger partial charge in [0, 0.05) is 30.3 Å². The maximum Gasteiger partial charge on any atom is 0.220 e. The first kappa shape index (κ1) is 13.2. The van der Waals surface area contributed by atoms with Crippen molar-refractivity contribution < 1.29 is 4.79 Å². The summed E-state index contributed by atoms with van der Waals surface area (Å²) in [4.78, 5) is 11.9. The number of carbonyl (C=O) groups is 1. The standard InChI is InChI=1S/C13H24N2OS/c1-9(8-17-2)14-13(16)7-10-5-11-3-4-12(6-10)15-11/h9-12,15H,3-8H2,1-2H3,(H,14,16). The molecule has 17 heavy (non-hydrogen) atoms. The molecule has 2 aliphatic rings. The maximum atomic E-state index is 11.9. The van der Waals surface area contributed by atoms with Crippen LogP contribution in [0.4, 0.5) is 0 Å². The molecule has 4 heteroatoms. The van der Waals surface area contributed by atoms with E-state index in [-0.39, 0.29) is 5.91 Å². The van der Waals surface area contributed by atoms with Gasteiger partial charge >= 0.3 is 0 Å². The highest BCUT2D eigenvalue weighted by Crippen LogP contribution is 2.32. The van der Waals surface area contributed by atoms with Gasteiger partial charge in [-0.2, -0.15) is 11.8 Å². The Labute approximate surface area is 108 Å². The third kappa shape index (κ3) is 3.88. The lowest BCUT2D eigenvalue weighted by Gasteiger charge is -2.29. The van der Waals surface area contributed by atoms with E-state index in [9.17, 15) is 4.79 Å². The van der Waals surface area contributed by atoms with E-state index in [1.807, 2.05) is 0 Å². The van der Waals surface area contributed by atoms with Gasteiger partial charge in [0.15, 0.2) is 0 Å². The molecule has 2 heterocycles. The molecule has 3 atom stereocenters. The summed E-state index contributed by atoms with van der Waals surface area (Å²) < 4.78 is 0. The molecule has 2 rings (SSSR count). The predicted molar refractivity (Wildman–Crippen MR) is 73.3 cm³/mol. The Morgan fingerprint density at radius 2 is 2.06 bits per heavy atom. The highest BCUT2D eigenvalue weighted by molar-refractivity contribution is 7.98. The fraction of sp³-hybridized carbons (Fsp3) is 0.923. The van der Waals surface area contributed by atoms with E-state index in [1.54, 1.807) is 11.8 Å².